The summed E-state index contributed by atoms with van der Waals surface area (Å²) in [6, 6.07) is 7.39. The van der Waals surface area contributed by atoms with E-state index in [1.165, 1.54) is 0 Å². The summed E-state index contributed by atoms with van der Waals surface area (Å²) in [5.74, 6) is 1.65. The molecule has 1 aromatic carbocycles. The molecule has 0 saturated heterocycles. The van der Waals surface area contributed by atoms with E-state index in [1.807, 2.05) is 36.0 Å². The Morgan fingerprint density at radius 1 is 1.35 bits per heavy atom. The maximum absolute atomic E-state index is 6.10. The molecule has 3 aromatic rings. The van der Waals surface area contributed by atoms with Gasteiger partial charge in [0, 0.05) is 19.4 Å². The summed E-state index contributed by atoms with van der Waals surface area (Å²) < 4.78 is 7.19. The predicted molar refractivity (Wildman–Crippen MR) is 77.5 cm³/mol. The largest absolute Gasteiger partial charge is 0.334 e. The number of rotatable bonds is 4. The highest BCUT2D eigenvalue weighted by molar-refractivity contribution is 7.98. The smallest absolute Gasteiger partial charge is 0.259 e. The van der Waals surface area contributed by atoms with E-state index in [2.05, 4.69) is 15.1 Å². The van der Waals surface area contributed by atoms with Crippen molar-refractivity contribution in [3.63, 3.8) is 0 Å². The van der Waals surface area contributed by atoms with Crippen LogP contribution in [0.25, 0.3) is 11.5 Å². The van der Waals surface area contributed by atoms with Gasteiger partial charge in [0.05, 0.1) is 16.3 Å². The Balaban J connectivity index is 1.74. The van der Waals surface area contributed by atoms with Gasteiger partial charge in [0.2, 0.25) is 0 Å². The number of imidazole rings is 1. The van der Waals surface area contributed by atoms with E-state index in [1.54, 1.807) is 24.0 Å². The number of thioether (sulfide) groups is 1. The Bertz CT molecular complexity index is 724. The molecule has 0 aliphatic carbocycles. The Morgan fingerprint density at radius 3 is 2.95 bits per heavy atom. The molecule has 3 rings (SSSR count). The fourth-order valence-electron chi connectivity index (χ4n) is 1.68. The fraction of sp³-hybridized carbons (Fsp3) is 0.154. The molecule has 2 aromatic heterocycles. The molecule has 2 heterocycles. The SMILES string of the molecule is Cn1ccnc1SCc1noc(-c2ccccc2Cl)n1. The van der Waals surface area contributed by atoms with Crippen molar-refractivity contribution in [3.05, 3.63) is 47.5 Å². The zero-order valence-electron chi connectivity index (χ0n) is 10.7. The Labute approximate surface area is 125 Å². The lowest BCUT2D eigenvalue weighted by molar-refractivity contribution is 0.425. The fourth-order valence-corrected chi connectivity index (χ4v) is 2.67. The number of aromatic nitrogens is 4. The molecule has 0 spiro atoms. The number of aryl methyl sites for hydroxylation is 1. The highest BCUT2D eigenvalue weighted by Crippen LogP contribution is 2.27. The molecule has 0 radical (unpaired) electrons. The van der Waals surface area contributed by atoms with Crippen molar-refractivity contribution < 1.29 is 4.52 Å². The van der Waals surface area contributed by atoms with Crippen molar-refractivity contribution in [1.82, 2.24) is 19.7 Å². The lowest BCUT2D eigenvalue weighted by Crippen LogP contribution is -1.91. The van der Waals surface area contributed by atoms with Crippen LogP contribution in [-0.4, -0.2) is 19.7 Å². The van der Waals surface area contributed by atoms with Crippen LogP contribution in [0.5, 0.6) is 0 Å². The molecular weight excluding hydrogens is 296 g/mol. The molecule has 0 bridgehead atoms. The van der Waals surface area contributed by atoms with E-state index in [-0.39, 0.29) is 0 Å². The van der Waals surface area contributed by atoms with Gasteiger partial charge >= 0.3 is 0 Å². The van der Waals surface area contributed by atoms with E-state index in [9.17, 15) is 0 Å². The van der Waals surface area contributed by atoms with Gasteiger partial charge in [-0.05, 0) is 12.1 Å². The molecule has 0 fully saturated rings. The minimum Gasteiger partial charge on any atom is -0.334 e. The van der Waals surface area contributed by atoms with Gasteiger partial charge < -0.3 is 9.09 Å². The minimum absolute atomic E-state index is 0.436. The highest BCUT2D eigenvalue weighted by Gasteiger charge is 2.12. The van der Waals surface area contributed by atoms with Gasteiger partial charge in [0.1, 0.15) is 0 Å². The van der Waals surface area contributed by atoms with Crippen LogP contribution in [0.2, 0.25) is 5.02 Å². The van der Waals surface area contributed by atoms with Crippen molar-refractivity contribution in [3.8, 4) is 11.5 Å². The first-order valence-electron chi connectivity index (χ1n) is 5.91. The van der Waals surface area contributed by atoms with Crippen molar-refractivity contribution in [2.75, 3.05) is 0 Å². The first-order chi connectivity index (χ1) is 9.74. The van der Waals surface area contributed by atoms with Crippen LogP contribution in [0.4, 0.5) is 0 Å². The highest BCUT2D eigenvalue weighted by atomic mass is 35.5. The van der Waals surface area contributed by atoms with Gasteiger partial charge in [-0.25, -0.2) is 4.98 Å². The van der Waals surface area contributed by atoms with Gasteiger partial charge in [-0.2, -0.15) is 4.98 Å². The molecule has 20 heavy (non-hydrogen) atoms. The van der Waals surface area contributed by atoms with Crippen LogP contribution < -0.4 is 0 Å². The standard InChI is InChI=1S/C13H11ClN4OS/c1-18-7-6-15-13(18)20-8-11-16-12(19-17-11)9-4-2-3-5-10(9)14/h2-7H,8H2,1H3. The van der Waals surface area contributed by atoms with Crippen LogP contribution in [0.1, 0.15) is 5.82 Å². The molecule has 0 aliphatic heterocycles. The van der Waals surface area contributed by atoms with Gasteiger partial charge in [0.25, 0.3) is 5.89 Å². The third-order valence-electron chi connectivity index (χ3n) is 2.68. The molecular formula is C13H11ClN4OS. The normalized spacial score (nSPS) is 10.9. The number of hydrogen-bond acceptors (Lipinski definition) is 5. The predicted octanol–water partition coefficient (Wildman–Crippen LogP) is 3.42. The van der Waals surface area contributed by atoms with E-state index >= 15 is 0 Å². The summed E-state index contributed by atoms with van der Waals surface area (Å²) >= 11 is 7.65. The number of halogens is 1. The minimum atomic E-state index is 0.436. The van der Waals surface area contributed by atoms with Gasteiger partial charge in [-0.3, -0.25) is 0 Å². The van der Waals surface area contributed by atoms with Crippen molar-refractivity contribution in [1.29, 1.82) is 0 Å². The van der Waals surface area contributed by atoms with E-state index in [0.29, 0.717) is 22.5 Å². The second kappa shape index (κ2) is 5.68. The maximum atomic E-state index is 6.10. The van der Waals surface area contributed by atoms with Crippen LogP contribution in [0, 0.1) is 0 Å². The zero-order valence-corrected chi connectivity index (χ0v) is 12.2. The maximum Gasteiger partial charge on any atom is 0.259 e. The topological polar surface area (TPSA) is 56.7 Å². The van der Waals surface area contributed by atoms with Crippen molar-refractivity contribution in [2.24, 2.45) is 7.05 Å². The zero-order chi connectivity index (χ0) is 13.9. The van der Waals surface area contributed by atoms with Crippen molar-refractivity contribution in [2.45, 2.75) is 10.9 Å². The van der Waals surface area contributed by atoms with Crippen LogP contribution in [0.3, 0.4) is 0 Å². The summed E-state index contributed by atoms with van der Waals surface area (Å²) in [5.41, 5.74) is 0.745. The second-order valence-electron chi connectivity index (χ2n) is 4.11. The number of benzene rings is 1. The summed E-state index contributed by atoms with van der Waals surface area (Å²) in [7, 11) is 1.95. The summed E-state index contributed by atoms with van der Waals surface area (Å²) in [6.07, 6.45) is 3.65. The molecule has 0 atom stereocenters. The quantitative estimate of drug-likeness (QED) is 0.691. The summed E-state index contributed by atoms with van der Waals surface area (Å²) in [6.45, 7) is 0. The Morgan fingerprint density at radius 2 is 2.20 bits per heavy atom. The molecule has 0 unspecified atom stereocenters. The van der Waals surface area contributed by atoms with Gasteiger partial charge in [0.15, 0.2) is 11.0 Å². The van der Waals surface area contributed by atoms with E-state index < -0.39 is 0 Å². The first kappa shape index (κ1) is 13.2. The van der Waals surface area contributed by atoms with Crippen molar-refractivity contribution >= 4 is 23.4 Å². The third kappa shape index (κ3) is 2.71. The molecule has 0 N–H and O–H groups in total. The van der Waals surface area contributed by atoms with Crippen LogP contribution in [-0.2, 0) is 12.8 Å². The molecule has 0 amide bonds. The summed E-state index contributed by atoms with van der Waals surface area (Å²) in [4.78, 5) is 8.58. The average Bonchev–Trinajstić information content (AvgIpc) is 3.06. The number of hydrogen-bond donors (Lipinski definition) is 0. The second-order valence-corrected chi connectivity index (χ2v) is 5.45. The van der Waals surface area contributed by atoms with Gasteiger partial charge in [-0.1, -0.05) is 40.7 Å². The molecule has 0 aliphatic rings. The Hall–Kier alpha value is -1.79. The van der Waals surface area contributed by atoms with E-state index in [0.717, 1.165) is 10.7 Å². The lowest BCUT2D eigenvalue weighted by atomic mass is 10.2. The number of nitrogens with zero attached hydrogens (tertiary/aromatic N) is 4. The Kier molecular flexibility index (Phi) is 3.75. The van der Waals surface area contributed by atoms with E-state index in [4.69, 9.17) is 16.1 Å². The average molecular weight is 307 g/mol. The molecule has 5 nitrogen and oxygen atoms in total. The summed E-state index contributed by atoms with van der Waals surface area (Å²) in [5, 5.41) is 5.47. The molecule has 0 saturated carbocycles. The lowest BCUT2D eigenvalue weighted by Gasteiger charge is -1.97. The van der Waals surface area contributed by atoms with Crippen LogP contribution in [0.15, 0.2) is 46.3 Å². The monoisotopic (exact) mass is 306 g/mol. The molecule has 7 heteroatoms. The molecule has 102 valence electrons. The first-order valence-corrected chi connectivity index (χ1v) is 7.28. The van der Waals surface area contributed by atoms with Crippen LogP contribution >= 0.6 is 23.4 Å². The van der Waals surface area contributed by atoms with Gasteiger partial charge in [-0.15, -0.1) is 0 Å². The third-order valence-corrected chi connectivity index (χ3v) is 4.06.